The highest BCUT2D eigenvalue weighted by molar-refractivity contribution is 5.70. The van der Waals surface area contributed by atoms with E-state index in [0.29, 0.717) is 0 Å². The minimum Gasteiger partial charge on any atom is -0.497 e. The number of hydrogen-bond donors (Lipinski definition) is 1. The molecular weight excluding hydrogens is 244 g/mol. The lowest BCUT2D eigenvalue weighted by Crippen LogP contribution is -2.20. The molecule has 1 N–H and O–H groups in total. The summed E-state index contributed by atoms with van der Waals surface area (Å²) in [5.41, 5.74) is 1.08. The molecule has 4 heteroatoms. The third-order valence-corrected chi connectivity index (χ3v) is 3.89. The molecule has 0 spiro atoms. The molecule has 0 bridgehead atoms. The molecule has 2 atom stereocenters. The number of methoxy groups -OCH3 is 2. The fourth-order valence-electron chi connectivity index (χ4n) is 2.89. The Bertz CT molecular complexity index is 433. The van der Waals surface area contributed by atoms with Gasteiger partial charge in [0.05, 0.1) is 20.1 Å². The predicted molar refractivity (Wildman–Crippen MR) is 71.7 cm³/mol. The van der Waals surface area contributed by atoms with Crippen molar-refractivity contribution in [1.82, 2.24) is 0 Å². The second-order valence-electron chi connectivity index (χ2n) is 5.06. The van der Waals surface area contributed by atoms with Crippen LogP contribution in [-0.2, 0) is 11.2 Å². The molecule has 4 nitrogen and oxygen atoms in total. The van der Waals surface area contributed by atoms with E-state index in [9.17, 15) is 9.90 Å². The molecule has 0 unspecified atom stereocenters. The van der Waals surface area contributed by atoms with Crippen LogP contribution in [0, 0.1) is 11.8 Å². The lowest BCUT2D eigenvalue weighted by molar-refractivity contribution is -0.142. The SMILES string of the molecule is COc1cc(C[C@@H]2CCC[C@H]2C(=O)O)cc(OC)c1. The molecule has 19 heavy (non-hydrogen) atoms. The van der Waals surface area contributed by atoms with Gasteiger partial charge in [-0.05, 0) is 42.9 Å². The maximum absolute atomic E-state index is 11.2. The van der Waals surface area contributed by atoms with Crippen molar-refractivity contribution in [3.63, 3.8) is 0 Å². The fourth-order valence-corrected chi connectivity index (χ4v) is 2.89. The highest BCUT2D eigenvalue weighted by Gasteiger charge is 2.32. The molecule has 1 aromatic rings. The number of carboxylic acids is 1. The van der Waals surface area contributed by atoms with Gasteiger partial charge in [-0.2, -0.15) is 0 Å². The molecule has 1 aromatic carbocycles. The van der Waals surface area contributed by atoms with Gasteiger partial charge < -0.3 is 14.6 Å². The summed E-state index contributed by atoms with van der Waals surface area (Å²) >= 11 is 0. The van der Waals surface area contributed by atoms with E-state index in [-0.39, 0.29) is 11.8 Å². The van der Waals surface area contributed by atoms with Crippen LogP contribution >= 0.6 is 0 Å². The minimum atomic E-state index is -0.669. The number of hydrogen-bond acceptors (Lipinski definition) is 3. The average Bonchev–Trinajstić information content (AvgIpc) is 2.86. The molecule has 1 aliphatic carbocycles. The molecule has 0 radical (unpaired) electrons. The number of ether oxygens (including phenoxy) is 2. The van der Waals surface area contributed by atoms with E-state index in [1.54, 1.807) is 14.2 Å². The summed E-state index contributed by atoms with van der Waals surface area (Å²) < 4.78 is 10.5. The average molecular weight is 264 g/mol. The highest BCUT2D eigenvalue weighted by atomic mass is 16.5. The van der Waals surface area contributed by atoms with Crippen molar-refractivity contribution in [3.8, 4) is 11.5 Å². The van der Waals surface area contributed by atoms with E-state index in [0.717, 1.165) is 42.7 Å². The van der Waals surface area contributed by atoms with E-state index in [2.05, 4.69) is 0 Å². The third kappa shape index (κ3) is 3.19. The summed E-state index contributed by atoms with van der Waals surface area (Å²) in [6.07, 6.45) is 3.55. The van der Waals surface area contributed by atoms with Crippen molar-refractivity contribution in [2.24, 2.45) is 11.8 Å². The van der Waals surface area contributed by atoms with E-state index < -0.39 is 5.97 Å². The van der Waals surface area contributed by atoms with Crippen LogP contribution in [-0.4, -0.2) is 25.3 Å². The first-order valence-electron chi connectivity index (χ1n) is 6.58. The van der Waals surface area contributed by atoms with Gasteiger partial charge in [-0.25, -0.2) is 0 Å². The fraction of sp³-hybridized carbons (Fsp3) is 0.533. The van der Waals surface area contributed by atoms with Gasteiger partial charge in [0.2, 0.25) is 0 Å². The smallest absolute Gasteiger partial charge is 0.306 e. The largest absolute Gasteiger partial charge is 0.497 e. The molecule has 0 saturated heterocycles. The van der Waals surface area contributed by atoms with E-state index in [4.69, 9.17) is 9.47 Å². The van der Waals surface area contributed by atoms with Crippen LogP contribution in [0.2, 0.25) is 0 Å². The van der Waals surface area contributed by atoms with E-state index >= 15 is 0 Å². The lowest BCUT2D eigenvalue weighted by Gasteiger charge is -2.16. The van der Waals surface area contributed by atoms with Crippen LogP contribution < -0.4 is 9.47 Å². The molecule has 104 valence electrons. The molecular formula is C15H20O4. The number of carbonyl (C=O) groups is 1. The Kier molecular flexibility index (Phi) is 4.30. The van der Waals surface area contributed by atoms with Crippen molar-refractivity contribution in [2.75, 3.05) is 14.2 Å². The molecule has 1 aliphatic rings. The standard InChI is InChI=1S/C15H20O4/c1-18-12-7-10(8-13(9-12)19-2)6-11-4-3-5-14(11)15(16)17/h7-9,11,14H,3-6H2,1-2H3,(H,16,17)/t11-,14+/m0/s1. The normalized spacial score (nSPS) is 22.2. The minimum absolute atomic E-state index is 0.211. The Morgan fingerprint density at radius 2 is 1.84 bits per heavy atom. The zero-order valence-corrected chi connectivity index (χ0v) is 11.4. The Balaban J connectivity index is 2.16. The van der Waals surface area contributed by atoms with Gasteiger partial charge in [-0.1, -0.05) is 6.42 Å². The Morgan fingerprint density at radius 3 is 2.37 bits per heavy atom. The lowest BCUT2D eigenvalue weighted by atomic mass is 9.89. The number of aliphatic carboxylic acids is 1. The third-order valence-electron chi connectivity index (χ3n) is 3.89. The zero-order valence-electron chi connectivity index (χ0n) is 11.4. The molecule has 2 rings (SSSR count). The van der Waals surface area contributed by atoms with Gasteiger partial charge in [0, 0.05) is 6.07 Å². The molecule has 0 aliphatic heterocycles. The second kappa shape index (κ2) is 5.95. The number of benzene rings is 1. The first kappa shape index (κ1) is 13.7. The van der Waals surface area contributed by atoms with Gasteiger partial charge in [-0.15, -0.1) is 0 Å². The maximum atomic E-state index is 11.2. The Morgan fingerprint density at radius 1 is 1.21 bits per heavy atom. The highest BCUT2D eigenvalue weighted by Crippen LogP contribution is 2.35. The molecule has 1 saturated carbocycles. The summed E-state index contributed by atoms with van der Waals surface area (Å²) in [4.78, 5) is 11.2. The van der Waals surface area contributed by atoms with Crippen molar-refractivity contribution in [2.45, 2.75) is 25.7 Å². The van der Waals surface area contributed by atoms with Gasteiger partial charge >= 0.3 is 5.97 Å². The zero-order chi connectivity index (χ0) is 13.8. The van der Waals surface area contributed by atoms with Crippen LogP contribution in [0.25, 0.3) is 0 Å². The van der Waals surface area contributed by atoms with Crippen molar-refractivity contribution in [1.29, 1.82) is 0 Å². The molecule has 1 fully saturated rings. The van der Waals surface area contributed by atoms with Crippen LogP contribution in [0.1, 0.15) is 24.8 Å². The van der Waals surface area contributed by atoms with E-state index in [1.165, 1.54) is 0 Å². The van der Waals surface area contributed by atoms with Crippen LogP contribution in [0.5, 0.6) is 11.5 Å². The van der Waals surface area contributed by atoms with Crippen molar-refractivity contribution in [3.05, 3.63) is 23.8 Å². The molecule has 0 heterocycles. The number of rotatable bonds is 5. The first-order valence-corrected chi connectivity index (χ1v) is 6.58. The van der Waals surface area contributed by atoms with Gasteiger partial charge in [0.15, 0.2) is 0 Å². The van der Waals surface area contributed by atoms with E-state index in [1.807, 2.05) is 18.2 Å². The number of carboxylic acid groups (broad SMARTS) is 1. The van der Waals surface area contributed by atoms with Gasteiger partial charge in [0.25, 0.3) is 0 Å². The molecule has 0 amide bonds. The Labute approximate surface area is 113 Å². The summed E-state index contributed by atoms with van der Waals surface area (Å²) in [7, 11) is 3.24. The van der Waals surface area contributed by atoms with Crippen LogP contribution in [0.3, 0.4) is 0 Å². The van der Waals surface area contributed by atoms with Crippen molar-refractivity contribution < 1.29 is 19.4 Å². The summed E-state index contributed by atoms with van der Waals surface area (Å²) in [5.74, 6) is 0.835. The van der Waals surface area contributed by atoms with Crippen LogP contribution in [0.15, 0.2) is 18.2 Å². The van der Waals surface area contributed by atoms with Gasteiger partial charge in [-0.3, -0.25) is 4.79 Å². The van der Waals surface area contributed by atoms with Crippen molar-refractivity contribution >= 4 is 5.97 Å². The monoisotopic (exact) mass is 264 g/mol. The second-order valence-corrected chi connectivity index (χ2v) is 5.06. The van der Waals surface area contributed by atoms with Gasteiger partial charge in [0.1, 0.15) is 11.5 Å². The first-order chi connectivity index (χ1) is 9.13. The summed E-state index contributed by atoms with van der Waals surface area (Å²) in [5, 5.41) is 9.21. The topological polar surface area (TPSA) is 55.8 Å². The maximum Gasteiger partial charge on any atom is 0.306 e. The summed E-state index contributed by atoms with van der Waals surface area (Å²) in [6.45, 7) is 0. The van der Waals surface area contributed by atoms with Crippen LogP contribution in [0.4, 0.5) is 0 Å². The summed E-state index contributed by atoms with van der Waals surface area (Å²) in [6, 6.07) is 5.74. The molecule has 0 aromatic heterocycles. The Hall–Kier alpha value is -1.71. The quantitative estimate of drug-likeness (QED) is 0.888. The predicted octanol–water partition coefficient (Wildman–Crippen LogP) is 2.75.